The van der Waals surface area contributed by atoms with Crippen molar-refractivity contribution < 1.29 is 23.8 Å². The van der Waals surface area contributed by atoms with Crippen LogP contribution < -0.4 is 10.1 Å². The summed E-state index contributed by atoms with van der Waals surface area (Å²) < 4.78 is 11.2. The second-order valence-electron chi connectivity index (χ2n) is 10.3. The Bertz CT molecular complexity index is 1310. The van der Waals surface area contributed by atoms with E-state index in [-0.39, 0.29) is 24.1 Å². The van der Waals surface area contributed by atoms with Gasteiger partial charge in [-0.1, -0.05) is 6.07 Å². The third kappa shape index (κ3) is 6.61. The van der Waals surface area contributed by atoms with E-state index in [2.05, 4.69) is 38.2 Å². The number of β-amino-alcohol motifs (C(OH)–C–C–N with tert-alkyl or cyclic N) is 1. The normalized spacial score (nSPS) is 16.3. The predicted octanol–water partition coefficient (Wildman–Crippen LogP) is 1.52. The highest BCUT2D eigenvalue weighted by Crippen LogP contribution is 2.30. The Morgan fingerprint density at radius 3 is 2.90 bits per heavy atom. The molecule has 0 saturated carbocycles. The van der Waals surface area contributed by atoms with Gasteiger partial charge in [-0.2, -0.15) is 0 Å². The van der Waals surface area contributed by atoms with Crippen LogP contribution in [0, 0.1) is 12.8 Å². The Hall–Kier alpha value is -3.83. The highest BCUT2D eigenvalue weighted by Gasteiger charge is 2.29. The average Bonchev–Trinajstić information content (AvgIpc) is 3.42. The molecular formula is C28H34N6O5. The van der Waals surface area contributed by atoms with Crippen LogP contribution in [0.25, 0.3) is 0 Å². The first-order valence-electron chi connectivity index (χ1n) is 13.2. The lowest BCUT2D eigenvalue weighted by Gasteiger charge is -2.38. The monoisotopic (exact) mass is 534 g/mol. The second-order valence-corrected chi connectivity index (χ2v) is 10.3. The maximum atomic E-state index is 12.7. The van der Waals surface area contributed by atoms with Crippen molar-refractivity contribution in [1.82, 2.24) is 30.1 Å². The van der Waals surface area contributed by atoms with Gasteiger partial charge in [0.2, 0.25) is 5.91 Å². The van der Waals surface area contributed by atoms with E-state index in [4.69, 9.17) is 9.15 Å². The zero-order valence-electron chi connectivity index (χ0n) is 22.3. The van der Waals surface area contributed by atoms with Gasteiger partial charge in [-0.05, 0) is 54.5 Å². The molecule has 4 heterocycles. The van der Waals surface area contributed by atoms with Gasteiger partial charge in [-0.15, -0.1) is 0 Å². The fourth-order valence-corrected chi connectivity index (χ4v) is 5.20. The van der Waals surface area contributed by atoms with Crippen LogP contribution in [-0.4, -0.2) is 80.5 Å². The first-order valence-corrected chi connectivity index (χ1v) is 13.2. The largest absolute Gasteiger partial charge is 0.485 e. The number of fused-ring (bicyclic) bond motifs is 1. The van der Waals surface area contributed by atoms with Crippen LogP contribution in [0.5, 0.6) is 5.75 Å². The van der Waals surface area contributed by atoms with E-state index < -0.39 is 6.10 Å². The fraction of sp³-hybridized carbons (Fsp3) is 0.464. The molecule has 39 heavy (non-hydrogen) atoms. The molecule has 5 rings (SSSR count). The number of aromatic nitrogens is 3. The van der Waals surface area contributed by atoms with E-state index in [9.17, 15) is 14.7 Å². The highest BCUT2D eigenvalue weighted by atomic mass is 16.5. The number of carbonyl (C=O) groups excluding carboxylic acids is 2. The van der Waals surface area contributed by atoms with Crippen molar-refractivity contribution in [3.8, 4) is 5.75 Å². The fourth-order valence-electron chi connectivity index (χ4n) is 5.20. The van der Waals surface area contributed by atoms with Gasteiger partial charge in [-0.3, -0.25) is 14.5 Å². The van der Waals surface area contributed by atoms with Crippen LogP contribution in [0.1, 0.15) is 45.6 Å². The van der Waals surface area contributed by atoms with Crippen LogP contribution in [-0.2, 0) is 30.8 Å². The molecule has 2 amide bonds. The molecule has 2 N–H and O–H groups in total. The quantitative estimate of drug-likeness (QED) is 0.397. The molecule has 0 bridgehead atoms. The Kier molecular flexibility index (Phi) is 8.18. The number of hydrogen-bond acceptors (Lipinski definition) is 9. The van der Waals surface area contributed by atoms with Crippen LogP contribution in [0.3, 0.4) is 0 Å². The van der Waals surface area contributed by atoms with Gasteiger partial charge >= 0.3 is 0 Å². The molecule has 2 aromatic heterocycles. The number of likely N-dealkylation sites (tertiary alicyclic amines) is 1. The highest BCUT2D eigenvalue weighted by molar-refractivity contribution is 5.92. The zero-order chi connectivity index (χ0) is 27.4. The second kappa shape index (κ2) is 11.9. The minimum absolute atomic E-state index is 0.0790. The van der Waals surface area contributed by atoms with Gasteiger partial charge in [0.25, 0.3) is 5.91 Å². The number of amides is 2. The summed E-state index contributed by atoms with van der Waals surface area (Å²) in [6, 6.07) is 5.74. The number of aliphatic hydroxyl groups excluding tert-OH is 1. The molecule has 0 unspecified atom stereocenters. The number of carbonyl (C=O) groups is 2. The maximum Gasteiger partial charge on any atom is 0.270 e. The molecule has 206 valence electrons. The molecule has 0 radical (unpaired) electrons. The number of oxazole rings is 1. The zero-order valence-corrected chi connectivity index (χ0v) is 22.3. The van der Waals surface area contributed by atoms with Crippen molar-refractivity contribution in [2.45, 2.75) is 45.9 Å². The summed E-state index contributed by atoms with van der Waals surface area (Å²) in [7, 11) is 0. The first kappa shape index (κ1) is 26.8. The number of nitrogens with zero attached hydrogens (tertiary/aromatic N) is 5. The Morgan fingerprint density at radius 2 is 2.13 bits per heavy atom. The van der Waals surface area contributed by atoms with E-state index in [0.717, 1.165) is 36.5 Å². The SMILES string of the molecule is CC(=O)N1CC(Cc2cc(C(=O)NC[C@H](O)CN3CCc4c(ccc(OCc5cnco5)c4C)C3)ncn2)C1. The summed E-state index contributed by atoms with van der Waals surface area (Å²) in [5.74, 6) is 1.60. The summed E-state index contributed by atoms with van der Waals surface area (Å²) in [6.45, 7) is 7.51. The maximum absolute atomic E-state index is 12.7. The van der Waals surface area contributed by atoms with E-state index in [0.29, 0.717) is 44.3 Å². The van der Waals surface area contributed by atoms with Crippen LogP contribution >= 0.6 is 0 Å². The Balaban J connectivity index is 1.08. The molecule has 11 heteroatoms. The number of hydrogen-bond donors (Lipinski definition) is 2. The minimum Gasteiger partial charge on any atom is -0.485 e. The number of ether oxygens (including phenoxy) is 1. The van der Waals surface area contributed by atoms with Crippen molar-refractivity contribution in [3.05, 3.63) is 71.0 Å². The van der Waals surface area contributed by atoms with E-state index >= 15 is 0 Å². The Labute approximate surface area is 227 Å². The molecule has 1 atom stereocenters. The third-order valence-corrected chi connectivity index (χ3v) is 7.40. The number of rotatable bonds is 10. The van der Waals surface area contributed by atoms with Gasteiger partial charge in [-0.25, -0.2) is 15.0 Å². The summed E-state index contributed by atoms with van der Waals surface area (Å²) in [6.07, 6.45) is 5.26. The van der Waals surface area contributed by atoms with Crippen LogP contribution in [0.15, 0.2) is 41.5 Å². The summed E-state index contributed by atoms with van der Waals surface area (Å²) in [5, 5.41) is 13.4. The lowest BCUT2D eigenvalue weighted by atomic mass is 9.94. The number of benzene rings is 1. The molecule has 11 nitrogen and oxygen atoms in total. The smallest absolute Gasteiger partial charge is 0.270 e. The molecular weight excluding hydrogens is 500 g/mol. The van der Waals surface area contributed by atoms with Crippen molar-refractivity contribution in [1.29, 1.82) is 0 Å². The van der Waals surface area contributed by atoms with Gasteiger partial charge in [0.15, 0.2) is 12.2 Å². The summed E-state index contributed by atoms with van der Waals surface area (Å²) in [4.78, 5) is 40.3. The van der Waals surface area contributed by atoms with E-state index in [1.807, 2.05) is 6.07 Å². The third-order valence-electron chi connectivity index (χ3n) is 7.40. The van der Waals surface area contributed by atoms with E-state index in [1.165, 1.54) is 23.8 Å². The number of aliphatic hydroxyl groups is 1. The molecule has 2 aliphatic rings. The summed E-state index contributed by atoms with van der Waals surface area (Å²) in [5.41, 5.74) is 4.67. The molecule has 1 fully saturated rings. The van der Waals surface area contributed by atoms with Crippen LogP contribution in [0.2, 0.25) is 0 Å². The summed E-state index contributed by atoms with van der Waals surface area (Å²) >= 11 is 0. The average molecular weight is 535 g/mol. The molecule has 2 aliphatic heterocycles. The molecule has 1 aromatic carbocycles. The van der Waals surface area contributed by atoms with Gasteiger partial charge in [0.1, 0.15) is 24.4 Å². The predicted molar refractivity (Wildman–Crippen MR) is 141 cm³/mol. The van der Waals surface area contributed by atoms with Crippen LogP contribution in [0.4, 0.5) is 0 Å². The Morgan fingerprint density at radius 1 is 1.28 bits per heavy atom. The van der Waals surface area contributed by atoms with Gasteiger partial charge < -0.3 is 24.5 Å². The topological polar surface area (TPSA) is 134 Å². The molecule has 1 saturated heterocycles. The van der Waals surface area contributed by atoms with Crippen molar-refractivity contribution >= 4 is 11.8 Å². The minimum atomic E-state index is -0.713. The number of nitrogens with one attached hydrogen (secondary N) is 1. The van der Waals surface area contributed by atoms with Gasteiger partial charge in [0, 0.05) is 51.9 Å². The van der Waals surface area contributed by atoms with Crippen molar-refractivity contribution in [2.24, 2.45) is 5.92 Å². The van der Waals surface area contributed by atoms with Crippen molar-refractivity contribution in [2.75, 3.05) is 32.7 Å². The van der Waals surface area contributed by atoms with Crippen molar-refractivity contribution in [3.63, 3.8) is 0 Å². The molecule has 3 aromatic rings. The van der Waals surface area contributed by atoms with E-state index in [1.54, 1.807) is 24.1 Å². The van der Waals surface area contributed by atoms with Gasteiger partial charge in [0.05, 0.1) is 12.3 Å². The standard InChI is InChI=1S/C28H34N6O5/c1-18-25-5-6-33(13-21(25)3-4-27(18)38-15-24-10-29-17-39-24)14-23(36)9-30-28(37)26-8-22(31-16-32-26)7-20-11-34(12-20)19(2)35/h3-4,8,10,16-17,20,23,36H,5-7,9,11-15H2,1-2H3,(H,30,37)/t23-/m0/s1. The molecule has 0 spiro atoms. The lowest BCUT2D eigenvalue weighted by molar-refractivity contribution is -0.134. The lowest BCUT2D eigenvalue weighted by Crippen LogP contribution is -2.49. The molecule has 0 aliphatic carbocycles. The first-order chi connectivity index (χ1) is 18.9.